The molecule has 0 unspecified atom stereocenters. The van der Waals surface area contributed by atoms with Gasteiger partial charge in [0.15, 0.2) is 6.54 Å². The third-order valence-electron chi connectivity index (χ3n) is 2.35. The summed E-state index contributed by atoms with van der Waals surface area (Å²) in [5, 5.41) is 0. The van der Waals surface area contributed by atoms with E-state index in [4.69, 9.17) is 0 Å². The summed E-state index contributed by atoms with van der Waals surface area (Å²) in [4.78, 5) is 4.33. The van der Waals surface area contributed by atoms with Gasteiger partial charge >= 0.3 is 5.49 Å². The van der Waals surface area contributed by atoms with Crippen LogP contribution < -0.4 is 9.73 Å². The Morgan fingerprint density at radius 1 is 1.31 bits per heavy atom. The van der Waals surface area contributed by atoms with E-state index in [9.17, 15) is 0 Å². The summed E-state index contributed by atoms with van der Waals surface area (Å²) < 4.78 is 2.11. The molecule has 0 saturated heterocycles. The van der Waals surface area contributed by atoms with Crippen molar-refractivity contribution < 1.29 is 4.24 Å². The first-order chi connectivity index (χ1) is 6.07. The number of hydrogen-bond acceptors (Lipinski definition) is 1. The lowest BCUT2D eigenvalue weighted by molar-refractivity contribution is -0.522. The second kappa shape index (κ2) is 2.66. The molecule has 0 bridgehead atoms. The van der Waals surface area contributed by atoms with E-state index in [-0.39, 0.29) is 5.41 Å². The second-order valence-electron chi connectivity index (χ2n) is 4.46. The zero-order chi connectivity index (χ0) is 9.47. The minimum atomic E-state index is 0.221. The molecule has 1 aliphatic rings. The molecule has 0 amide bonds. The van der Waals surface area contributed by atoms with Crippen LogP contribution in [0.5, 0.6) is 0 Å². The first kappa shape index (κ1) is 8.42. The normalized spacial score (nSPS) is 14.7. The van der Waals surface area contributed by atoms with Crippen LogP contribution in [0, 0.1) is 6.21 Å². The largest absolute Gasteiger partial charge is 0.322 e. The molecule has 68 valence electrons. The van der Waals surface area contributed by atoms with Gasteiger partial charge in [-0.2, -0.15) is 0 Å². The molecule has 1 aromatic heterocycles. The molecule has 0 aliphatic carbocycles. The van der Waals surface area contributed by atoms with Gasteiger partial charge in [-0.05, 0) is 17.0 Å². The summed E-state index contributed by atoms with van der Waals surface area (Å²) in [7, 11) is 0. The predicted octanol–water partition coefficient (Wildman–Crippen LogP) is 0.915. The first-order valence-corrected chi connectivity index (χ1v) is 4.64. The molecule has 13 heavy (non-hydrogen) atoms. The molecule has 0 radical (unpaired) electrons. The number of pyridine rings is 1. The molecular formula is C11H15N2+. The molecule has 0 fully saturated rings. The van der Waals surface area contributed by atoms with Crippen molar-refractivity contribution in [3.8, 4) is 0 Å². The second-order valence-corrected chi connectivity index (χ2v) is 4.46. The minimum absolute atomic E-state index is 0.221. The van der Waals surface area contributed by atoms with Gasteiger partial charge in [0.25, 0.3) is 0 Å². The van der Waals surface area contributed by atoms with Gasteiger partial charge in [0, 0.05) is 6.07 Å². The molecule has 2 heteroatoms. The Labute approximate surface area is 78.3 Å². The van der Waals surface area contributed by atoms with Gasteiger partial charge in [-0.15, -0.1) is 0 Å². The highest BCUT2D eigenvalue weighted by Crippen LogP contribution is 2.19. The summed E-state index contributed by atoms with van der Waals surface area (Å²) in [6.45, 7) is 7.48. The molecule has 0 spiro atoms. The van der Waals surface area contributed by atoms with Crippen LogP contribution in [-0.2, 0) is 5.41 Å². The average molecular weight is 175 g/mol. The fourth-order valence-corrected chi connectivity index (χ4v) is 1.46. The molecule has 2 nitrogen and oxygen atoms in total. The molecule has 2 rings (SSSR count). The number of fused-ring (bicyclic) bond motifs is 1. The van der Waals surface area contributed by atoms with Crippen molar-refractivity contribution in [1.29, 1.82) is 0 Å². The van der Waals surface area contributed by atoms with Gasteiger partial charge in [-0.1, -0.05) is 25.8 Å². The molecule has 2 heterocycles. The Balaban J connectivity index is 2.62. The van der Waals surface area contributed by atoms with E-state index in [0.29, 0.717) is 0 Å². The van der Waals surface area contributed by atoms with Crippen LogP contribution in [-0.4, -0.2) is 6.54 Å². The summed E-state index contributed by atoms with van der Waals surface area (Å²) >= 11 is 0. The number of hydrogen-bond donors (Lipinski definition) is 0. The molecule has 0 aromatic carbocycles. The van der Waals surface area contributed by atoms with Crippen LogP contribution >= 0.6 is 0 Å². The maximum Gasteiger partial charge on any atom is 0.322 e. The predicted molar refractivity (Wildman–Crippen MR) is 51.1 cm³/mol. The van der Waals surface area contributed by atoms with Gasteiger partial charge in [-0.3, -0.25) is 0 Å². The minimum Gasteiger partial charge on any atom is -0.203 e. The lowest BCUT2D eigenvalue weighted by Gasteiger charge is -2.16. The highest BCUT2D eigenvalue weighted by atomic mass is 15.0. The van der Waals surface area contributed by atoms with E-state index in [1.165, 1.54) is 5.56 Å². The number of nitrogens with zero attached hydrogens (tertiary/aromatic N) is 2. The van der Waals surface area contributed by atoms with Crippen LogP contribution in [0.25, 0.3) is 0 Å². The Morgan fingerprint density at radius 3 is 2.77 bits per heavy atom. The zero-order valence-corrected chi connectivity index (χ0v) is 8.41. The standard InChI is InChI=1S/C11H15N2/c1-11(2,3)9-4-5-10-12-6-7-13(10)8-9/h4-5,7-8H,6H2,1-3H3/q+1. The summed E-state index contributed by atoms with van der Waals surface area (Å²) in [5.41, 5.74) is 2.64. The van der Waals surface area contributed by atoms with E-state index >= 15 is 0 Å². The third-order valence-corrected chi connectivity index (χ3v) is 2.35. The van der Waals surface area contributed by atoms with Gasteiger partial charge in [-0.25, -0.2) is 4.24 Å². The van der Waals surface area contributed by atoms with Crippen molar-refractivity contribution in [2.45, 2.75) is 26.2 Å². The van der Waals surface area contributed by atoms with Crippen molar-refractivity contribution in [1.82, 2.24) is 0 Å². The topological polar surface area (TPSA) is 18.3 Å². The van der Waals surface area contributed by atoms with Crippen molar-refractivity contribution >= 4 is 0 Å². The monoisotopic (exact) mass is 175 g/mol. The van der Waals surface area contributed by atoms with Gasteiger partial charge < -0.3 is 0 Å². The Bertz CT molecular complexity index is 438. The highest BCUT2D eigenvalue weighted by molar-refractivity contribution is 5.15. The Kier molecular flexibility index (Phi) is 1.72. The molecule has 0 saturated carbocycles. The van der Waals surface area contributed by atoms with E-state index in [2.05, 4.69) is 54.6 Å². The lowest BCUT2D eigenvalue weighted by Crippen LogP contribution is -2.35. The fourth-order valence-electron chi connectivity index (χ4n) is 1.46. The van der Waals surface area contributed by atoms with Crippen LogP contribution in [0.4, 0.5) is 0 Å². The maximum atomic E-state index is 4.33. The Hall–Kier alpha value is -1.18. The van der Waals surface area contributed by atoms with Crippen molar-refractivity contribution in [2.24, 2.45) is 4.99 Å². The Morgan fingerprint density at radius 2 is 2.08 bits per heavy atom. The van der Waals surface area contributed by atoms with E-state index in [1.807, 2.05) is 0 Å². The lowest BCUT2D eigenvalue weighted by atomic mass is 9.88. The number of rotatable bonds is 0. The van der Waals surface area contributed by atoms with Gasteiger partial charge in [0.05, 0.1) is 6.20 Å². The summed E-state index contributed by atoms with van der Waals surface area (Å²) in [6, 6.07) is 4.25. The van der Waals surface area contributed by atoms with E-state index in [0.717, 1.165) is 12.0 Å². The van der Waals surface area contributed by atoms with Crippen molar-refractivity contribution in [3.05, 3.63) is 35.6 Å². The van der Waals surface area contributed by atoms with Crippen molar-refractivity contribution in [3.63, 3.8) is 0 Å². The smallest absolute Gasteiger partial charge is 0.203 e. The fraction of sp³-hybridized carbons (Fsp3) is 0.455. The van der Waals surface area contributed by atoms with E-state index in [1.54, 1.807) is 0 Å². The summed E-state index contributed by atoms with van der Waals surface area (Å²) in [5.74, 6) is 0. The van der Waals surface area contributed by atoms with Crippen LogP contribution in [0.1, 0.15) is 26.3 Å². The van der Waals surface area contributed by atoms with E-state index < -0.39 is 0 Å². The van der Waals surface area contributed by atoms with Gasteiger partial charge in [0.1, 0.15) is 6.21 Å². The van der Waals surface area contributed by atoms with Crippen LogP contribution in [0.3, 0.4) is 0 Å². The molecule has 0 atom stereocenters. The van der Waals surface area contributed by atoms with Gasteiger partial charge in [0.2, 0.25) is 0 Å². The number of aromatic nitrogens is 1. The molecule has 0 N–H and O–H groups in total. The quantitative estimate of drug-likeness (QED) is 0.522. The third kappa shape index (κ3) is 1.48. The average Bonchev–Trinajstić information content (AvgIpc) is 2.47. The molecular weight excluding hydrogens is 160 g/mol. The molecule has 1 aliphatic heterocycles. The maximum absolute atomic E-state index is 4.33. The highest BCUT2D eigenvalue weighted by Gasteiger charge is 2.16. The van der Waals surface area contributed by atoms with Crippen molar-refractivity contribution in [2.75, 3.05) is 6.54 Å². The van der Waals surface area contributed by atoms with Crippen LogP contribution in [0.15, 0.2) is 23.3 Å². The first-order valence-electron chi connectivity index (χ1n) is 4.64. The summed E-state index contributed by atoms with van der Waals surface area (Å²) in [6.07, 6.45) is 4.27. The molecule has 1 aromatic rings. The SMILES string of the molecule is CC(C)(C)c1ccc2[n+](c1)=CCN=2. The zero-order valence-electron chi connectivity index (χ0n) is 8.41. The van der Waals surface area contributed by atoms with Crippen LogP contribution in [0.2, 0.25) is 0 Å².